The van der Waals surface area contributed by atoms with Crippen LogP contribution in [0.1, 0.15) is 59.3 Å². The van der Waals surface area contributed by atoms with Crippen LogP contribution in [0.25, 0.3) is 0 Å². The topological polar surface area (TPSA) is 20.3 Å². The molecule has 0 saturated carbocycles. The number of nitrogens with zero attached hydrogens (tertiary/aromatic N) is 1. The molecule has 0 aliphatic heterocycles. The molecular formula is C13H27NO. The molecular weight excluding hydrogens is 186 g/mol. The molecule has 2 heteroatoms. The van der Waals surface area contributed by atoms with Crippen molar-refractivity contribution in [1.29, 1.82) is 0 Å². The third kappa shape index (κ3) is 7.40. The molecule has 0 radical (unpaired) electrons. The first-order chi connectivity index (χ1) is 7.11. The first-order valence-corrected chi connectivity index (χ1v) is 6.35. The molecule has 2 nitrogen and oxygen atoms in total. The fourth-order valence-corrected chi connectivity index (χ4v) is 1.62. The maximum Gasteiger partial charge on any atom is 0.222 e. The number of hydrogen-bond acceptors (Lipinski definition) is 1. The largest absolute Gasteiger partial charge is 0.346 e. The number of carbonyl (C=O) groups is 1. The third-order valence-electron chi connectivity index (χ3n) is 3.12. The van der Waals surface area contributed by atoms with Gasteiger partial charge in [-0.1, -0.05) is 46.5 Å². The van der Waals surface area contributed by atoms with Gasteiger partial charge in [0.2, 0.25) is 5.91 Å². The second-order valence-electron chi connectivity index (χ2n) is 4.53. The van der Waals surface area contributed by atoms with E-state index >= 15 is 0 Å². The Balaban J connectivity index is 3.34. The minimum Gasteiger partial charge on any atom is -0.346 e. The van der Waals surface area contributed by atoms with Gasteiger partial charge in [0, 0.05) is 20.0 Å². The molecule has 1 amide bonds. The van der Waals surface area contributed by atoms with Crippen LogP contribution in [0.3, 0.4) is 0 Å². The minimum absolute atomic E-state index is 0.261. The highest BCUT2D eigenvalue weighted by Crippen LogP contribution is 2.12. The van der Waals surface area contributed by atoms with E-state index in [1.807, 2.05) is 18.9 Å². The molecule has 0 N–H and O–H groups in total. The molecule has 0 aromatic rings. The highest BCUT2D eigenvalue weighted by atomic mass is 16.2. The molecule has 0 heterocycles. The van der Waals surface area contributed by atoms with Gasteiger partial charge >= 0.3 is 0 Å². The fraction of sp³-hybridized carbons (Fsp3) is 0.923. The fourth-order valence-electron chi connectivity index (χ4n) is 1.62. The van der Waals surface area contributed by atoms with Gasteiger partial charge in [0.1, 0.15) is 0 Å². The Morgan fingerprint density at radius 3 is 2.40 bits per heavy atom. The lowest BCUT2D eigenvalue weighted by Crippen LogP contribution is -2.26. The predicted octanol–water partition coefficient (Wildman–Crippen LogP) is 3.46. The van der Waals surface area contributed by atoms with Crippen molar-refractivity contribution in [2.75, 3.05) is 13.6 Å². The van der Waals surface area contributed by atoms with Crippen LogP contribution in [0.2, 0.25) is 0 Å². The van der Waals surface area contributed by atoms with E-state index in [0.29, 0.717) is 6.42 Å². The van der Waals surface area contributed by atoms with E-state index < -0.39 is 0 Å². The molecule has 0 aromatic heterocycles. The molecule has 0 aliphatic carbocycles. The van der Waals surface area contributed by atoms with Gasteiger partial charge < -0.3 is 4.90 Å². The number of unbranched alkanes of at least 4 members (excludes halogenated alkanes) is 2. The first kappa shape index (κ1) is 14.5. The molecule has 0 bridgehead atoms. The standard InChI is InChI=1S/C13H27NO/c1-5-12(3)10-8-7-9-11-14(4)13(15)6-2/h12H,5-11H2,1-4H3/t12-/m0/s1. The van der Waals surface area contributed by atoms with Gasteiger partial charge in [-0.05, 0) is 12.3 Å². The lowest BCUT2D eigenvalue weighted by Gasteiger charge is -2.16. The second-order valence-corrected chi connectivity index (χ2v) is 4.53. The smallest absolute Gasteiger partial charge is 0.222 e. The van der Waals surface area contributed by atoms with Gasteiger partial charge in [-0.15, -0.1) is 0 Å². The van der Waals surface area contributed by atoms with Crippen molar-refractivity contribution in [3.05, 3.63) is 0 Å². The highest BCUT2D eigenvalue weighted by Gasteiger charge is 2.04. The molecule has 0 saturated heterocycles. The molecule has 0 aromatic carbocycles. The van der Waals surface area contributed by atoms with Crippen molar-refractivity contribution in [3.8, 4) is 0 Å². The number of carbonyl (C=O) groups excluding carboxylic acids is 1. The van der Waals surface area contributed by atoms with Gasteiger partial charge in [0.05, 0.1) is 0 Å². The van der Waals surface area contributed by atoms with Crippen LogP contribution in [-0.4, -0.2) is 24.4 Å². The maximum atomic E-state index is 11.3. The summed E-state index contributed by atoms with van der Waals surface area (Å²) in [7, 11) is 1.90. The normalized spacial score (nSPS) is 12.5. The average molecular weight is 213 g/mol. The second kappa shape index (κ2) is 8.75. The summed E-state index contributed by atoms with van der Waals surface area (Å²) in [6, 6.07) is 0. The predicted molar refractivity (Wildman–Crippen MR) is 65.9 cm³/mol. The maximum absolute atomic E-state index is 11.3. The van der Waals surface area contributed by atoms with Crippen LogP contribution in [0.15, 0.2) is 0 Å². The van der Waals surface area contributed by atoms with Crippen LogP contribution >= 0.6 is 0 Å². The van der Waals surface area contributed by atoms with Gasteiger partial charge in [0.25, 0.3) is 0 Å². The first-order valence-electron chi connectivity index (χ1n) is 6.35. The van der Waals surface area contributed by atoms with Gasteiger partial charge in [-0.3, -0.25) is 4.79 Å². The monoisotopic (exact) mass is 213 g/mol. The summed E-state index contributed by atoms with van der Waals surface area (Å²) < 4.78 is 0. The van der Waals surface area contributed by atoms with Gasteiger partial charge in [0.15, 0.2) is 0 Å². The molecule has 0 aliphatic rings. The minimum atomic E-state index is 0.261. The van der Waals surface area contributed by atoms with E-state index in [4.69, 9.17) is 0 Å². The Labute approximate surface area is 95.0 Å². The third-order valence-corrected chi connectivity index (χ3v) is 3.12. The van der Waals surface area contributed by atoms with Crippen LogP contribution in [-0.2, 0) is 4.79 Å². The summed E-state index contributed by atoms with van der Waals surface area (Å²) in [4.78, 5) is 13.1. The van der Waals surface area contributed by atoms with Crippen molar-refractivity contribution in [1.82, 2.24) is 4.90 Å². The van der Waals surface area contributed by atoms with Crippen LogP contribution < -0.4 is 0 Å². The van der Waals surface area contributed by atoms with E-state index in [1.54, 1.807) is 0 Å². The molecule has 15 heavy (non-hydrogen) atoms. The zero-order valence-electron chi connectivity index (χ0n) is 10.9. The summed E-state index contributed by atoms with van der Waals surface area (Å²) in [6.45, 7) is 7.40. The van der Waals surface area contributed by atoms with E-state index in [2.05, 4.69) is 13.8 Å². The summed E-state index contributed by atoms with van der Waals surface area (Å²) in [5.74, 6) is 1.12. The summed E-state index contributed by atoms with van der Waals surface area (Å²) in [5, 5.41) is 0. The van der Waals surface area contributed by atoms with Crippen molar-refractivity contribution in [2.24, 2.45) is 5.92 Å². The summed E-state index contributed by atoms with van der Waals surface area (Å²) >= 11 is 0. The molecule has 0 rings (SSSR count). The molecule has 0 unspecified atom stereocenters. The molecule has 90 valence electrons. The van der Waals surface area contributed by atoms with Crippen molar-refractivity contribution >= 4 is 5.91 Å². The summed E-state index contributed by atoms with van der Waals surface area (Å²) in [6.07, 6.45) is 6.97. The summed E-state index contributed by atoms with van der Waals surface area (Å²) in [5.41, 5.74) is 0. The van der Waals surface area contributed by atoms with E-state index in [-0.39, 0.29) is 5.91 Å². The molecule has 0 spiro atoms. The van der Waals surface area contributed by atoms with Crippen LogP contribution in [0.4, 0.5) is 0 Å². The number of hydrogen-bond donors (Lipinski definition) is 0. The zero-order valence-corrected chi connectivity index (χ0v) is 10.9. The average Bonchev–Trinajstić information content (AvgIpc) is 2.26. The van der Waals surface area contributed by atoms with E-state index in [0.717, 1.165) is 18.9 Å². The van der Waals surface area contributed by atoms with Crippen molar-refractivity contribution in [2.45, 2.75) is 59.3 Å². The number of rotatable bonds is 8. The van der Waals surface area contributed by atoms with Crippen molar-refractivity contribution in [3.63, 3.8) is 0 Å². The van der Waals surface area contributed by atoms with Gasteiger partial charge in [-0.25, -0.2) is 0 Å². The molecule has 0 fully saturated rings. The van der Waals surface area contributed by atoms with E-state index in [1.165, 1.54) is 25.7 Å². The van der Waals surface area contributed by atoms with Crippen LogP contribution in [0.5, 0.6) is 0 Å². The van der Waals surface area contributed by atoms with E-state index in [9.17, 15) is 4.79 Å². The quantitative estimate of drug-likeness (QED) is 0.565. The SMILES string of the molecule is CCC(=O)N(C)CCCCC[C@@H](C)CC. The number of amides is 1. The molecule has 1 atom stereocenters. The Morgan fingerprint density at radius 2 is 1.87 bits per heavy atom. The van der Waals surface area contributed by atoms with Crippen molar-refractivity contribution < 1.29 is 4.79 Å². The van der Waals surface area contributed by atoms with Gasteiger partial charge in [-0.2, -0.15) is 0 Å². The lowest BCUT2D eigenvalue weighted by molar-refractivity contribution is -0.129. The Bertz CT molecular complexity index is 168. The Morgan fingerprint density at radius 1 is 1.20 bits per heavy atom. The Kier molecular flexibility index (Phi) is 8.44. The Hall–Kier alpha value is -0.530. The lowest BCUT2D eigenvalue weighted by atomic mass is 10.0. The zero-order chi connectivity index (χ0) is 11.7. The van der Waals surface area contributed by atoms with Crippen LogP contribution in [0, 0.1) is 5.92 Å². The highest BCUT2D eigenvalue weighted by molar-refractivity contribution is 5.75.